The zero-order valence-corrected chi connectivity index (χ0v) is 18.7. The first-order valence-corrected chi connectivity index (χ1v) is 10.4. The maximum Gasteiger partial charge on any atom is 0.338 e. The maximum absolute atomic E-state index is 12.7. The molecule has 0 amide bonds. The fourth-order valence-corrected chi connectivity index (χ4v) is 3.67. The van der Waals surface area contributed by atoms with Crippen molar-refractivity contribution in [2.24, 2.45) is 0 Å². The summed E-state index contributed by atoms with van der Waals surface area (Å²) in [5.41, 5.74) is 0.663. The van der Waals surface area contributed by atoms with E-state index in [2.05, 4.69) is 0 Å². The summed E-state index contributed by atoms with van der Waals surface area (Å²) in [5.74, 6) is 0.881. The molecule has 0 radical (unpaired) electrons. The lowest BCUT2D eigenvalue weighted by Crippen LogP contribution is -2.37. The number of hydrogen-bond donors (Lipinski definition) is 0. The van der Waals surface area contributed by atoms with Gasteiger partial charge in [-0.05, 0) is 62.1 Å². The minimum Gasteiger partial charge on any atom is -0.493 e. The second-order valence-corrected chi connectivity index (χ2v) is 7.31. The Balaban J connectivity index is 1.71. The van der Waals surface area contributed by atoms with Crippen LogP contribution in [-0.2, 0) is 9.47 Å². The summed E-state index contributed by atoms with van der Waals surface area (Å²) >= 11 is 0. The van der Waals surface area contributed by atoms with E-state index in [9.17, 15) is 9.59 Å². The van der Waals surface area contributed by atoms with Gasteiger partial charge in [0.1, 0.15) is 12.2 Å². The SMILES string of the molecule is COc1ccc(C(=O)OC2CCCCC2OC(=O)c2ccc(OC)c(OC)c2)cc1OC. The first kappa shape index (κ1) is 23.2. The molecule has 8 nitrogen and oxygen atoms in total. The van der Waals surface area contributed by atoms with Crippen LogP contribution in [0.1, 0.15) is 46.4 Å². The summed E-state index contributed by atoms with van der Waals surface area (Å²) in [5, 5.41) is 0. The van der Waals surface area contributed by atoms with Gasteiger partial charge < -0.3 is 28.4 Å². The number of hydrogen-bond acceptors (Lipinski definition) is 8. The number of methoxy groups -OCH3 is 4. The molecule has 0 saturated heterocycles. The molecular weight excluding hydrogens is 416 g/mol. The summed E-state index contributed by atoms with van der Waals surface area (Å²) in [7, 11) is 6.04. The Morgan fingerprint density at radius 3 is 1.34 bits per heavy atom. The lowest BCUT2D eigenvalue weighted by atomic mass is 9.94. The Hall–Kier alpha value is -3.42. The molecule has 32 heavy (non-hydrogen) atoms. The number of esters is 2. The molecule has 0 bridgehead atoms. The van der Waals surface area contributed by atoms with Crippen LogP contribution in [0.5, 0.6) is 23.0 Å². The van der Waals surface area contributed by atoms with Gasteiger partial charge in [-0.25, -0.2) is 9.59 Å². The van der Waals surface area contributed by atoms with Gasteiger partial charge in [-0.1, -0.05) is 0 Å². The fourth-order valence-electron chi connectivity index (χ4n) is 3.67. The molecule has 1 aliphatic carbocycles. The highest BCUT2D eigenvalue weighted by atomic mass is 16.6. The lowest BCUT2D eigenvalue weighted by molar-refractivity contribution is -0.0514. The van der Waals surface area contributed by atoms with Crippen LogP contribution in [0.4, 0.5) is 0 Å². The molecule has 1 aliphatic rings. The molecule has 3 rings (SSSR count). The standard InChI is InChI=1S/C24H28O8/c1-27-17-11-9-15(13-21(17)29-3)23(25)31-19-7-5-6-8-20(19)32-24(26)16-10-12-18(28-2)22(14-16)30-4/h9-14,19-20H,5-8H2,1-4H3. The molecule has 2 aromatic carbocycles. The Morgan fingerprint density at radius 1 is 0.625 bits per heavy atom. The summed E-state index contributed by atoms with van der Waals surface area (Å²) in [6.07, 6.45) is 1.93. The summed E-state index contributed by atoms with van der Waals surface area (Å²) < 4.78 is 32.4. The monoisotopic (exact) mass is 444 g/mol. The highest BCUT2D eigenvalue weighted by molar-refractivity contribution is 5.91. The van der Waals surface area contributed by atoms with Gasteiger partial charge in [0.2, 0.25) is 0 Å². The molecule has 172 valence electrons. The summed E-state index contributed by atoms with van der Waals surface area (Å²) in [6, 6.07) is 9.63. The quantitative estimate of drug-likeness (QED) is 0.564. The van der Waals surface area contributed by atoms with Crippen LogP contribution in [0.25, 0.3) is 0 Å². The minimum atomic E-state index is -0.534. The van der Waals surface area contributed by atoms with Crippen LogP contribution >= 0.6 is 0 Å². The van der Waals surface area contributed by atoms with Crippen molar-refractivity contribution < 1.29 is 38.0 Å². The summed E-state index contributed by atoms with van der Waals surface area (Å²) in [4.78, 5) is 25.5. The smallest absolute Gasteiger partial charge is 0.338 e. The van der Waals surface area contributed by atoms with Gasteiger partial charge >= 0.3 is 11.9 Å². The summed E-state index contributed by atoms with van der Waals surface area (Å²) in [6.45, 7) is 0. The van der Waals surface area contributed by atoms with Crippen molar-refractivity contribution >= 4 is 11.9 Å². The first-order valence-electron chi connectivity index (χ1n) is 10.4. The van der Waals surface area contributed by atoms with Crippen molar-refractivity contribution in [2.75, 3.05) is 28.4 Å². The third-order valence-electron chi connectivity index (χ3n) is 5.40. The van der Waals surface area contributed by atoms with Crippen molar-refractivity contribution in [3.05, 3.63) is 47.5 Å². The second kappa shape index (κ2) is 10.7. The molecule has 1 saturated carbocycles. The number of ether oxygens (including phenoxy) is 6. The van der Waals surface area contributed by atoms with E-state index in [-0.39, 0.29) is 0 Å². The molecule has 2 aromatic rings. The highest BCUT2D eigenvalue weighted by Crippen LogP contribution is 2.31. The van der Waals surface area contributed by atoms with Crippen LogP contribution in [0, 0.1) is 0 Å². The molecule has 0 aromatic heterocycles. The topological polar surface area (TPSA) is 89.5 Å². The second-order valence-electron chi connectivity index (χ2n) is 7.31. The van der Waals surface area contributed by atoms with Crippen LogP contribution in [-0.4, -0.2) is 52.6 Å². The number of rotatable bonds is 8. The van der Waals surface area contributed by atoms with Gasteiger partial charge in [0.05, 0.1) is 39.6 Å². The Kier molecular flexibility index (Phi) is 7.81. The third kappa shape index (κ3) is 5.25. The van der Waals surface area contributed by atoms with E-state index in [1.165, 1.54) is 28.4 Å². The van der Waals surface area contributed by atoms with Gasteiger partial charge in [0, 0.05) is 0 Å². The van der Waals surface area contributed by atoms with E-state index in [0.717, 1.165) is 12.8 Å². The molecule has 2 unspecified atom stereocenters. The Morgan fingerprint density at radius 2 is 1.00 bits per heavy atom. The number of carbonyl (C=O) groups excluding carboxylic acids is 2. The molecular formula is C24H28O8. The van der Waals surface area contributed by atoms with Crippen LogP contribution in [0.2, 0.25) is 0 Å². The largest absolute Gasteiger partial charge is 0.493 e. The van der Waals surface area contributed by atoms with Crippen molar-refractivity contribution in [3.63, 3.8) is 0 Å². The Bertz CT molecular complexity index is 878. The predicted molar refractivity (Wildman–Crippen MR) is 116 cm³/mol. The molecule has 0 spiro atoms. The van der Waals surface area contributed by atoms with Crippen LogP contribution < -0.4 is 18.9 Å². The molecule has 1 fully saturated rings. The van der Waals surface area contributed by atoms with Gasteiger partial charge in [-0.3, -0.25) is 0 Å². The normalized spacial score (nSPS) is 17.8. The van der Waals surface area contributed by atoms with Crippen molar-refractivity contribution in [1.29, 1.82) is 0 Å². The van der Waals surface area contributed by atoms with E-state index < -0.39 is 24.1 Å². The van der Waals surface area contributed by atoms with Crippen molar-refractivity contribution in [2.45, 2.75) is 37.9 Å². The van der Waals surface area contributed by atoms with Crippen molar-refractivity contribution in [1.82, 2.24) is 0 Å². The third-order valence-corrected chi connectivity index (χ3v) is 5.40. The average molecular weight is 444 g/mol. The predicted octanol–water partition coefficient (Wildman–Crippen LogP) is 4.05. The lowest BCUT2D eigenvalue weighted by Gasteiger charge is -2.30. The number of benzene rings is 2. The maximum atomic E-state index is 12.7. The van der Waals surface area contributed by atoms with Gasteiger partial charge in [0.15, 0.2) is 23.0 Å². The van der Waals surface area contributed by atoms with Crippen LogP contribution in [0.15, 0.2) is 36.4 Å². The van der Waals surface area contributed by atoms with E-state index in [1.807, 2.05) is 0 Å². The van der Waals surface area contributed by atoms with E-state index in [0.29, 0.717) is 47.0 Å². The van der Waals surface area contributed by atoms with E-state index in [4.69, 9.17) is 28.4 Å². The molecule has 2 atom stereocenters. The first-order chi connectivity index (χ1) is 15.5. The van der Waals surface area contributed by atoms with Crippen molar-refractivity contribution in [3.8, 4) is 23.0 Å². The minimum absolute atomic E-state index is 0.332. The molecule has 0 aliphatic heterocycles. The van der Waals surface area contributed by atoms with Crippen LogP contribution in [0.3, 0.4) is 0 Å². The Labute approximate surface area is 187 Å². The average Bonchev–Trinajstić information content (AvgIpc) is 2.84. The van der Waals surface area contributed by atoms with E-state index >= 15 is 0 Å². The molecule has 8 heteroatoms. The highest BCUT2D eigenvalue weighted by Gasteiger charge is 2.32. The zero-order chi connectivity index (χ0) is 23.1. The number of carbonyl (C=O) groups is 2. The molecule has 0 N–H and O–H groups in total. The van der Waals surface area contributed by atoms with E-state index in [1.54, 1.807) is 36.4 Å². The van der Waals surface area contributed by atoms with Gasteiger partial charge in [0.25, 0.3) is 0 Å². The van der Waals surface area contributed by atoms with Gasteiger partial charge in [-0.15, -0.1) is 0 Å². The molecule has 0 heterocycles. The van der Waals surface area contributed by atoms with Gasteiger partial charge in [-0.2, -0.15) is 0 Å². The fraction of sp³-hybridized carbons (Fsp3) is 0.417. The zero-order valence-electron chi connectivity index (χ0n) is 18.7.